The van der Waals surface area contributed by atoms with Crippen LogP contribution in [-0.2, 0) is 0 Å². The summed E-state index contributed by atoms with van der Waals surface area (Å²) in [5, 5.41) is 2.71. The first-order valence-electron chi connectivity index (χ1n) is 25.4. The zero-order valence-corrected chi connectivity index (χ0v) is 37.1. The normalized spacial score (nSPS) is 12.8. The van der Waals surface area contributed by atoms with Crippen molar-refractivity contribution in [2.24, 2.45) is 0 Å². The summed E-state index contributed by atoms with van der Waals surface area (Å²) in [5.41, 5.74) is 11.8. The van der Waals surface area contributed by atoms with Crippen molar-refractivity contribution in [3.8, 4) is 84.4 Å². The number of para-hydroxylation sites is 2. The summed E-state index contributed by atoms with van der Waals surface area (Å²) in [5.74, 6) is 1.80. The van der Waals surface area contributed by atoms with Crippen molar-refractivity contribution < 1.29 is 8.22 Å². The van der Waals surface area contributed by atoms with Gasteiger partial charge in [0.2, 0.25) is 0 Å². The lowest BCUT2D eigenvalue weighted by atomic mass is 9.93. The number of rotatable bonds is 8. The van der Waals surface area contributed by atoms with Crippen molar-refractivity contribution in [2.45, 2.75) is 0 Å². The average molecular weight is 891 g/mol. The van der Waals surface area contributed by atoms with Crippen molar-refractivity contribution in [1.29, 1.82) is 0 Å². The Morgan fingerprint density at radius 2 is 0.794 bits per heavy atom. The molecule has 0 aliphatic carbocycles. The van der Waals surface area contributed by atoms with Gasteiger partial charge in [0.15, 0.2) is 17.5 Å². The van der Waals surface area contributed by atoms with Crippen LogP contribution in [0.3, 0.4) is 0 Å². The summed E-state index contributed by atoms with van der Waals surface area (Å²) >= 11 is 1.71. The first-order valence-corrected chi connectivity index (χ1v) is 23.2. The minimum absolute atomic E-state index is 0.000576. The molecule has 318 valence electrons. The van der Waals surface area contributed by atoms with Gasteiger partial charge in [0, 0.05) is 58.8 Å². The van der Waals surface area contributed by atoms with E-state index in [9.17, 15) is 2.74 Å². The first-order chi connectivity index (χ1) is 36.2. The Morgan fingerprint density at radius 1 is 0.338 bits per heavy atom. The Labute approximate surface area is 406 Å². The molecule has 0 amide bonds. The number of hydrogen-bond acceptors (Lipinski definition) is 4. The molecule has 0 fully saturated rings. The third-order valence-electron chi connectivity index (χ3n) is 12.6. The van der Waals surface area contributed by atoms with Gasteiger partial charge in [0.1, 0.15) is 0 Å². The molecule has 0 atom stereocenters. The van der Waals surface area contributed by atoms with Gasteiger partial charge in [-0.1, -0.05) is 194 Å². The molecule has 0 radical (unpaired) electrons. The van der Waals surface area contributed by atoms with Crippen LogP contribution in [0, 0.1) is 0 Å². The van der Waals surface area contributed by atoms with Crippen LogP contribution < -0.4 is 0 Å². The minimum Gasteiger partial charge on any atom is -0.309 e. The molecular weight excluding hydrogens is 845 g/mol. The number of fused-ring (bicyclic) bond motifs is 6. The molecule has 0 spiro atoms. The second kappa shape index (κ2) is 16.6. The molecule has 0 N–H and O–H groups in total. The highest BCUT2D eigenvalue weighted by molar-refractivity contribution is 7.26. The van der Waals surface area contributed by atoms with Gasteiger partial charge >= 0.3 is 0 Å². The molecule has 3 heterocycles. The van der Waals surface area contributed by atoms with E-state index >= 15 is 0 Å². The maximum atomic E-state index is 9.28. The van der Waals surface area contributed by atoms with E-state index < -0.39 is 0 Å². The fourth-order valence-corrected chi connectivity index (χ4v) is 10.6. The molecule has 0 saturated heterocycles. The average Bonchev–Trinajstić information content (AvgIpc) is 4.03. The fraction of sp³-hybridized carbons (Fsp3) is 0. The van der Waals surface area contributed by atoms with Crippen LogP contribution >= 0.6 is 11.3 Å². The monoisotopic (exact) mass is 890 g/mol. The van der Waals surface area contributed by atoms with Crippen LogP contribution in [0.5, 0.6) is 0 Å². The topological polar surface area (TPSA) is 43.6 Å². The van der Waals surface area contributed by atoms with Crippen molar-refractivity contribution in [3.05, 3.63) is 243 Å². The number of nitrogens with zero attached hydrogens (tertiary/aromatic N) is 4. The molecule has 5 heteroatoms. The molecule has 0 unspecified atom stereocenters. The highest BCUT2D eigenvalue weighted by atomic mass is 32.1. The molecule has 0 saturated carbocycles. The molecule has 13 aromatic rings. The van der Waals surface area contributed by atoms with Gasteiger partial charge in [0.05, 0.1) is 24.9 Å². The minimum atomic E-state index is -0.151. The van der Waals surface area contributed by atoms with Crippen LogP contribution in [0.1, 0.15) is 8.22 Å². The quantitative estimate of drug-likeness (QED) is 0.153. The Balaban J connectivity index is 0.942. The standard InChI is InChI=1S/C63H40N4S/c1-3-17-41(18-4-1)61-64-62(42-19-5-2-6-20-42)66-63(65-61)49-26-15-25-47(39-49)45-23-13-21-43(37-45)44-22-14-24-46(38-44)48-35-36-58(67-56-32-10-7-27-50(56)51-28-8-11-33-57(51)67)55(40-48)54-31-16-30-53-52-29-9-12-34-59(52)68-60(53)54/h1-40H/i7D,8D,27D,28D,32D,33D. The van der Waals surface area contributed by atoms with Gasteiger partial charge < -0.3 is 4.57 Å². The van der Waals surface area contributed by atoms with E-state index in [-0.39, 0.29) is 47.0 Å². The smallest absolute Gasteiger partial charge is 0.164 e. The van der Waals surface area contributed by atoms with E-state index in [1.807, 2.05) is 95.6 Å². The summed E-state index contributed by atoms with van der Waals surface area (Å²) in [6, 6.07) is 68.3. The molecule has 4 nitrogen and oxygen atoms in total. The van der Waals surface area contributed by atoms with Crippen molar-refractivity contribution >= 4 is 53.3 Å². The maximum Gasteiger partial charge on any atom is 0.164 e. The van der Waals surface area contributed by atoms with E-state index in [4.69, 9.17) is 20.4 Å². The molecule has 13 rings (SSSR count). The summed E-state index contributed by atoms with van der Waals surface area (Å²) in [6.07, 6.45) is 0. The largest absolute Gasteiger partial charge is 0.309 e. The van der Waals surface area contributed by atoms with Crippen LogP contribution in [-0.4, -0.2) is 19.5 Å². The van der Waals surface area contributed by atoms with Gasteiger partial charge in [-0.3, -0.25) is 0 Å². The lowest BCUT2D eigenvalue weighted by Crippen LogP contribution is -2.00. The third kappa shape index (κ3) is 6.96. The predicted octanol–water partition coefficient (Wildman–Crippen LogP) is 17.0. The molecule has 0 aliphatic rings. The number of aromatic nitrogens is 4. The Bertz CT molecular complexity index is 4270. The maximum absolute atomic E-state index is 9.28. The highest BCUT2D eigenvalue weighted by Crippen LogP contribution is 2.45. The molecule has 3 aromatic heterocycles. The van der Waals surface area contributed by atoms with Crippen molar-refractivity contribution in [3.63, 3.8) is 0 Å². The van der Waals surface area contributed by atoms with E-state index in [2.05, 4.69) is 103 Å². The van der Waals surface area contributed by atoms with E-state index in [0.29, 0.717) is 34.2 Å². The number of thiophene rings is 1. The lowest BCUT2D eigenvalue weighted by molar-refractivity contribution is 1.07. The molecule has 10 aromatic carbocycles. The molecule has 0 aliphatic heterocycles. The van der Waals surface area contributed by atoms with Crippen LogP contribution in [0.2, 0.25) is 0 Å². The SMILES string of the molecule is [2H]c1cc([2H])c2c(c1[2H])c1c([2H])c([2H])cc([2H])c1n2-c1ccc(-c2cccc(-c3cccc(-c4cccc(-c5nc(-c6ccccc6)nc(-c6ccccc6)n5)c4)c3)c2)cc1-c1cccc2c1sc1ccccc12. The van der Waals surface area contributed by atoms with Gasteiger partial charge in [0.25, 0.3) is 0 Å². The Morgan fingerprint density at radius 3 is 1.38 bits per heavy atom. The van der Waals surface area contributed by atoms with E-state index in [1.165, 1.54) is 12.1 Å². The highest BCUT2D eigenvalue weighted by Gasteiger charge is 2.20. The fourth-order valence-electron chi connectivity index (χ4n) is 9.37. The van der Waals surface area contributed by atoms with E-state index in [0.717, 1.165) is 81.4 Å². The van der Waals surface area contributed by atoms with Crippen molar-refractivity contribution in [2.75, 3.05) is 0 Å². The number of benzene rings is 10. The second-order valence-electron chi connectivity index (χ2n) is 16.7. The molecule has 68 heavy (non-hydrogen) atoms. The summed E-state index contributed by atoms with van der Waals surface area (Å²) in [4.78, 5) is 14.9. The first kappa shape index (κ1) is 33.7. The summed E-state index contributed by atoms with van der Waals surface area (Å²) in [6.45, 7) is 0. The third-order valence-corrected chi connectivity index (χ3v) is 13.8. The number of hydrogen-bond donors (Lipinski definition) is 0. The zero-order valence-electron chi connectivity index (χ0n) is 42.3. The van der Waals surface area contributed by atoms with Crippen molar-refractivity contribution in [1.82, 2.24) is 19.5 Å². The predicted molar refractivity (Wildman–Crippen MR) is 285 cm³/mol. The van der Waals surface area contributed by atoms with Gasteiger partial charge in [-0.25, -0.2) is 15.0 Å². The van der Waals surface area contributed by atoms with E-state index in [1.54, 1.807) is 11.3 Å². The van der Waals surface area contributed by atoms with Gasteiger partial charge in [-0.15, -0.1) is 11.3 Å². The Kier molecular flexibility index (Phi) is 8.21. The van der Waals surface area contributed by atoms with Gasteiger partial charge in [-0.2, -0.15) is 0 Å². The Hall–Kier alpha value is -8.77. The lowest BCUT2D eigenvalue weighted by Gasteiger charge is -2.17. The zero-order chi connectivity index (χ0) is 50.2. The summed E-state index contributed by atoms with van der Waals surface area (Å²) in [7, 11) is 0. The van der Waals surface area contributed by atoms with Crippen LogP contribution in [0.25, 0.3) is 126 Å². The second-order valence-corrected chi connectivity index (χ2v) is 17.7. The van der Waals surface area contributed by atoms with Crippen LogP contribution in [0.4, 0.5) is 0 Å². The summed E-state index contributed by atoms with van der Waals surface area (Å²) < 4.78 is 58.0. The molecular formula is C63H40N4S. The van der Waals surface area contributed by atoms with Gasteiger partial charge in [-0.05, 0) is 81.9 Å². The van der Waals surface area contributed by atoms with Crippen LogP contribution in [0.15, 0.2) is 243 Å². The molecule has 0 bridgehead atoms.